The van der Waals surface area contributed by atoms with Gasteiger partial charge in [-0.15, -0.1) is 0 Å². The van der Waals surface area contributed by atoms with Crippen molar-refractivity contribution in [2.75, 3.05) is 44.3 Å². The van der Waals surface area contributed by atoms with Crippen LogP contribution in [0, 0.1) is 13.8 Å². The van der Waals surface area contributed by atoms with Crippen LogP contribution in [0.2, 0.25) is 0 Å². The van der Waals surface area contributed by atoms with E-state index in [4.69, 9.17) is 4.52 Å². The SMILES string of the molecule is Cc1noc(C)c1S(=O)(=O)N1CCCN(CC(=O)Nc2cccc(S(C)(=O)=O)c2)CC1. The Hall–Kier alpha value is -2.28. The molecule has 1 saturated heterocycles. The van der Waals surface area contributed by atoms with E-state index in [1.807, 2.05) is 4.90 Å². The number of nitrogens with one attached hydrogen (secondary N) is 1. The van der Waals surface area contributed by atoms with Crippen LogP contribution in [0.3, 0.4) is 0 Å². The molecule has 1 aliphatic heterocycles. The van der Waals surface area contributed by atoms with Gasteiger partial charge in [-0.3, -0.25) is 9.69 Å². The summed E-state index contributed by atoms with van der Waals surface area (Å²) in [6.07, 6.45) is 1.67. The number of hydrogen-bond acceptors (Lipinski definition) is 8. The van der Waals surface area contributed by atoms with Gasteiger partial charge in [0.05, 0.1) is 11.4 Å². The van der Waals surface area contributed by atoms with Gasteiger partial charge in [0.1, 0.15) is 10.6 Å². The second-order valence-electron chi connectivity index (χ2n) is 7.54. The smallest absolute Gasteiger partial charge is 0.248 e. The van der Waals surface area contributed by atoms with Crippen molar-refractivity contribution in [2.45, 2.75) is 30.1 Å². The average Bonchev–Trinajstić information content (AvgIpc) is 2.87. The van der Waals surface area contributed by atoms with Gasteiger partial charge < -0.3 is 9.84 Å². The molecule has 0 bridgehead atoms. The first-order valence-electron chi connectivity index (χ1n) is 9.74. The number of carbonyl (C=O) groups is 1. The molecule has 0 unspecified atom stereocenters. The van der Waals surface area contributed by atoms with Crippen LogP contribution in [0.5, 0.6) is 0 Å². The maximum atomic E-state index is 13.0. The van der Waals surface area contributed by atoms with Crippen molar-refractivity contribution in [2.24, 2.45) is 0 Å². The molecule has 1 N–H and O–H groups in total. The third-order valence-corrected chi connectivity index (χ3v) is 8.28. The third kappa shape index (κ3) is 5.50. The highest BCUT2D eigenvalue weighted by Gasteiger charge is 2.32. The molecule has 1 amide bonds. The molecule has 1 aromatic heterocycles. The van der Waals surface area contributed by atoms with E-state index in [1.54, 1.807) is 26.0 Å². The normalized spacial score (nSPS) is 16.7. The molecule has 0 aliphatic carbocycles. The zero-order valence-electron chi connectivity index (χ0n) is 17.7. The van der Waals surface area contributed by atoms with Crippen molar-refractivity contribution in [1.29, 1.82) is 0 Å². The van der Waals surface area contributed by atoms with Crippen LogP contribution in [-0.2, 0) is 24.7 Å². The summed E-state index contributed by atoms with van der Waals surface area (Å²) < 4.78 is 55.8. The van der Waals surface area contributed by atoms with Crippen LogP contribution in [0.4, 0.5) is 5.69 Å². The highest BCUT2D eigenvalue weighted by atomic mass is 32.2. The summed E-state index contributed by atoms with van der Waals surface area (Å²) >= 11 is 0. The summed E-state index contributed by atoms with van der Waals surface area (Å²) in [7, 11) is -7.10. The minimum Gasteiger partial charge on any atom is -0.360 e. The average molecular weight is 471 g/mol. The molecule has 31 heavy (non-hydrogen) atoms. The highest BCUT2D eigenvalue weighted by molar-refractivity contribution is 7.90. The van der Waals surface area contributed by atoms with Gasteiger partial charge >= 0.3 is 0 Å². The summed E-state index contributed by atoms with van der Waals surface area (Å²) in [5, 5.41) is 6.44. The van der Waals surface area contributed by atoms with Crippen LogP contribution >= 0.6 is 0 Å². The molecule has 12 heteroatoms. The number of benzene rings is 1. The summed E-state index contributed by atoms with van der Waals surface area (Å²) in [5.74, 6) is -0.0398. The number of hydrogen-bond donors (Lipinski definition) is 1. The Bertz CT molecular complexity index is 1150. The molecule has 1 aliphatic rings. The number of aromatic nitrogens is 1. The third-order valence-electron chi connectivity index (χ3n) is 5.03. The number of sulfonamides is 1. The Morgan fingerprint density at radius 3 is 2.52 bits per heavy atom. The van der Waals surface area contributed by atoms with E-state index in [2.05, 4.69) is 10.5 Å². The van der Waals surface area contributed by atoms with E-state index in [1.165, 1.54) is 16.4 Å². The molecule has 1 fully saturated rings. The lowest BCUT2D eigenvalue weighted by molar-refractivity contribution is -0.117. The minimum absolute atomic E-state index is 0.0717. The second kappa shape index (κ2) is 9.07. The van der Waals surface area contributed by atoms with E-state index in [-0.39, 0.29) is 34.5 Å². The van der Waals surface area contributed by atoms with E-state index in [9.17, 15) is 21.6 Å². The van der Waals surface area contributed by atoms with Crippen molar-refractivity contribution in [3.05, 3.63) is 35.7 Å². The number of amides is 1. The lowest BCUT2D eigenvalue weighted by Crippen LogP contribution is -2.38. The van der Waals surface area contributed by atoms with Crippen molar-refractivity contribution in [1.82, 2.24) is 14.4 Å². The first-order chi connectivity index (χ1) is 14.5. The second-order valence-corrected chi connectivity index (χ2v) is 11.4. The van der Waals surface area contributed by atoms with Gasteiger partial charge in [-0.2, -0.15) is 4.31 Å². The van der Waals surface area contributed by atoms with Gasteiger partial charge in [0.15, 0.2) is 15.6 Å². The van der Waals surface area contributed by atoms with E-state index in [0.29, 0.717) is 37.4 Å². The number of aryl methyl sites for hydroxylation is 2. The fraction of sp³-hybridized carbons (Fsp3) is 0.474. The molecule has 10 nitrogen and oxygen atoms in total. The molecule has 2 heterocycles. The van der Waals surface area contributed by atoms with E-state index < -0.39 is 19.9 Å². The first kappa shape index (κ1) is 23.4. The largest absolute Gasteiger partial charge is 0.360 e. The number of nitrogens with zero attached hydrogens (tertiary/aromatic N) is 3. The van der Waals surface area contributed by atoms with Crippen molar-refractivity contribution >= 4 is 31.5 Å². The van der Waals surface area contributed by atoms with Gasteiger partial charge in [-0.05, 0) is 45.0 Å². The molecule has 3 rings (SSSR count). The van der Waals surface area contributed by atoms with Crippen LogP contribution in [0.25, 0.3) is 0 Å². The zero-order chi connectivity index (χ0) is 22.8. The summed E-state index contributed by atoms with van der Waals surface area (Å²) in [6, 6.07) is 6.06. The fourth-order valence-electron chi connectivity index (χ4n) is 3.53. The Kier molecular flexibility index (Phi) is 6.84. The number of rotatable bonds is 6. The highest BCUT2D eigenvalue weighted by Crippen LogP contribution is 2.24. The van der Waals surface area contributed by atoms with E-state index in [0.717, 1.165) is 6.26 Å². The monoisotopic (exact) mass is 470 g/mol. The van der Waals surface area contributed by atoms with Crippen LogP contribution in [-0.4, -0.2) is 76.1 Å². The minimum atomic E-state index is -3.73. The standard InChI is InChI=1S/C19H26N4O6S2/c1-14-19(15(2)29-21-14)31(27,28)23-9-5-8-22(10-11-23)13-18(24)20-16-6-4-7-17(12-16)30(3,25)26/h4,6-7,12H,5,8-11,13H2,1-3H3,(H,20,24). The van der Waals surface area contributed by atoms with Gasteiger partial charge in [0.25, 0.3) is 0 Å². The summed E-state index contributed by atoms with van der Waals surface area (Å²) in [6.45, 7) is 4.76. The number of carbonyl (C=O) groups excluding carboxylic acids is 1. The molecule has 0 spiro atoms. The van der Waals surface area contributed by atoms with Crippen LogP contribution in [0.15, 0.2) is 38.6 Å². The lowest BCUT2D eigenvalue weighted by Gasteiger charge is -2.21. The van der Waals surface area contributed by atoms with Gasteiger partial charge in [-0.25, -0.2) is 16.8 Å². The van der Waals surface area contributed by atoms with Gasteiger partial charge in [-0.1, -0.05) is 11.2 Å². The maximum Gasteiger partial charge on any atom is 0.248 e. The van der Waals surface area contributed by atoms with Crippen LogP contribution in [0.1, 0.15) is 17.9 Å². The predicted molar refractivity (Wildman–Crippen MR) is 114 cm³/mol. The maximum absolute atomic E-state index is 13.0. The Morgan fingerprint density at radius 2 is 1.87 bits per heavy atom. The number of anilines is 1. The van der Waals surface area contributed by atoms with Crippen LogP contribution < -0.4 is 5.32 Å². The Morgan fingerprint density at radius 1 is 1.13 bits per heavy atom. The molecule has 0 radical (unpaired) electrons. The molecular formula is C19H26N4O6S2. The molecular weight excluding hydrogens is 444 g/mol. The molecule has 2 aromatic rings. The fourth-order valence-corrected chi connectivity index (χ4v) is 5.95. The first-order valence-corrected chi connectivity index (χ1v) is 13.1. The Labute approximate surface area is 182 Å². The quantitative estimate of drug-likeness (QED) is 0.663. The molecule has 0 atom stereocenters. The summed E-state index contributed by atoms with van der Waals surface area (Å²) in [5.41, 5.74) is 0.722. The molecule has 0 saturated carbocycles. The summed E-state index contributed by atoms with van der Waals surface area (Å²) in [4.78, 5) is 14.6. The molecule has 170 valence electrons. The molecule has 1 aromatic carbocycles. The van der Waals surface area contributed by atoms with Crippen molar-refractivity contribution in [3.63, 3.8) is 0 Å². The van der Waals surface area contributed by atoms with Gasteiger partial charge in [0.2, 0.25) is 15.9 Å². The van der Waals surface area contributed by atoms with Crippen molar-refractivity contribution < 1.29 is 26.2 Å². The Balaban J connectivity index is 1.62. The topological polar surface area (TPSA) is 130 Å². The lowest BCUT2D eigenvalue weighted by atomic mass is 10.3. The van der Waals surface area contributed by atoms with Gasteiger partial charge in [0, 0.05) is 31.6 Å². The zero-order valence-corrected chi connectivity index (χ0v) is 19.3. The van der Waals surface area contributed by atoms with Crippen molar-refractivity contribution in [3.8, 4) is 0 Å². The number of sulfone groups is 1. The predicted octanol–water partition coefficient (Wildman–Crippen LogP) is 1.03. The van der Waals surface area contributed by atoms with E-state index >= 15 is 0 Å².